The van der Waals surface area contributed by atoms with Gasteiger partial charge in [0.1, 0.15) is 24.2 Å². The molecule has 0 radical (unpaired) electrons. The van der Waals surface area contributed by atoms with Crippen molar-refractivity contribution in [3.05, 3.63) is 70.2 Å². The SMILES string of the molecule is CC(=O)N[C@H](C(=O)N[C@@H](CCC(N)=O)C(=O)N[C@H](Cc1ccc(Cl)cc1)C(=O)N1Cc2ccccc2C[C@@H]1C(N)=O)C(C)C. The number of rotatable bonds is 13. The van der Waals surface area contributed by atoms with E-state index < -0.39 is 59.6 Å². The van der Waals surface area contributed by atoms with Gasteiger partial charge in [-0.3, -0.25) is 28.8 Å². The van der Waals surface area contributed by atoms with Crippen molar-refractivity contribution in [3.63, 3.8) is 0 Å². The zero-order chi connectivity index (χ0) is 32.6. The van der Waals surface area contributed by atoms with Gasteiger partial charge >= 0.3 is 0 Å². The highest BCUT2D eigenvalue weighted by molar-refractivity contribution is 6.30. The molecule has 0 saturated carbocycles. The fraction of sp³-hybridized carbons (Fsp3) is 0.419. The first-order valence-electron chi connectivity index (χ1n) is 14.3. The summed E-state index contributed by atoms with van der Waals surface area (Å²) in [5, 5.41) is 8.38. The number of halogens is 1. The van der Waals surface area contributed by atoms with Crippen LogP contribution in [-0.2, 0) is 48.2 Å². The van der Waals surface area contributed by atoms with Crippen LogP contribution < -0.4 is 27.4 Å². The summed E-state index contributed by atoms with van der Waals surface area (Å²) in [6.45, 7) is 4.83. The highest BCUT2D eigenvalue weighted by atomic mass is 35.5. The van der Waals surface area contributed by atoms with Crippen LogP contribution in [0.25, 0.3) is 0 Å². The minimum atomic E-state index is -1.26. The summed E-state index contributed by atoms with van der Waals surface area (Å²) in [6.07, 6.45) is -0.133. The van der Waals surface area contributed by atoms with Crippen LogP contribution in [0.1, 0.15) is 50.3 Å². The predicted octanol–water partition coefficient (Wildman–Crippen LogP) is 0.717. The third-order valence-electron chi connectivity index (χ3n) is 7.45. The summed E-state index contributed by atoms with van der Waals surface area (Å²) >= 11 is 6.05. The maximum Gasteiger partial charge on any atom is 0.246 e. The van der Waals surface area contributed by atoms with Crippen LogP contribution in [0.5, 0.6) is 0 Å². The summed E-state index contributed by atoms with van der Waals surface area (Å²) in [5.74, 6) is -4.06. The minimum Gasteiger partial charge on any atom is -0.370 e. The second kappa shape index (κ2) is 15.3. The molecule has 1 aliphatic heterocycles. The topological polar surface area (TPSA) is 194 Å². The van der Waals surface area contributed by atoms with E-state index in [1.54, 1.807) is 38.1 Å². The molecule has 0 fully saturated rings. The van der Waals surface area contributed by atoms with E-state index in [4.69, 9.17) is 23.1 Å². The molecule has 2 aromatic carbocycles. The first-order chi connectivity index (χ1) is 20.8. The van der Waals surface area contributed by atoms with Gasteiger partial charge in [0.15, 0.2) is 0 Å². The van der Waals surface area contributed by atoms with Crippen LogP contribution >= 0.6 is 11.6 Å². The Morgan fingerprint density at radius 3 is 2.07 bits per heavy atom. The van der Waals surface area contributed by atoms with Gasteiger partial charge in [0, 0.05) is 37.8 Å². The molecular weight excluding hydrogens is 588 g/mol. The van der Waals surface area contributed by atoms with E-state index in [-0.39, 0.29) is 38.1 Å². The number of primary amides is 2. The normalized spacial score (nSPS) is 16.2. The van der Waals surface area contributed by atoms with E-state index >= 15 is 0 Å². The third kappa shape index (κ3) is 9.27. The quantitative estimate of drug-likeness (QED) is 0.217. The molecule has 13 heteroatoms. The maximum absolute atomic E-state index is 14.1. The van der Waals surface area contributed by atoms with Gasteiger partial charge in [0.2, 0.25) is 35.4 Å². The van der Waals surface area contributed by atoms with Gasteiger partial charge in [-0.15, -0.1) is 0 Å². The molecule has 12 nitrogen and oxygen atoms in total. The van der Waals surface area contributed by atoms with E-state index in [1.807, 2.05) is 24.3 Å². The smallest absolute Gasteiger partial charge is 0.246 e. The Morgan fingerprint density at radius 2 is 1.50 bits per heavy atom. The standard InChI is InChI=1S/C31H39ClN6O6/c1-17(2)27(35-18(3)39)30(43)36-23(12-13-26(33)40)29(42)37-24(14-19-8-10-22(32)11-9-19)31(44)38-16-21-7-5-4-6-20(21)15-25(38)28(34)41/h4-11,17,23-25,27H,12-16H2,1-3H3,(H2,33,40)(H2,34,41)(H,35,39)(H,36,43)(H,37,42)/t23-,24+,25+,27-/m0/s1. The van der Waals surface area contributed by atoms with Crippen molar-refractivity contribution < 1.29 is 28.8 Å². The fourth-order valence-electron chi connectivity index (χ4n) is 5.11. The Hall–Kier alpha value is -4.45. The predicted molar refractivity (Wildman–Crippen MR) is 164 cm³/mol. The molecule has 3 rings (SSSR count). The molecule has 0 unspecified atom stereocenters. The Labute approximate surface area is 261 Å². The van der Waals surface area contributed by atoms with Crippen LogP contribution in [0, 0.1) is 5.92 Å². The Kier molecular flexibility index (Phi) is 11.9. The van der Waals surface area contributed by atoms with Crippen molar-refractivity contribution in [2.24, 2.45) is 17.4 Å². The monoisotopic (exact) mass is 626 g/mol. The van der Waals surface area contributed by atoms with Gasteiger partial charge in [-0.05, 0) is 41.2 Å². The number of carbonyl (C=O) groups excluding carboxylic acids is 6. The highest BCUT2D eigenvalue weighted by Crippen LogP contribution is 2.25. The second-order valence-corrected chi connectivity index (χ2v) is 11.7. The first-order valence-corrected chi connectivity index (χ1v) is 14.7. The zero-order valence-electron chi connectivity index (χ0n) is 25.0. The number of benzene rings is 2. The van der Waals surface area contributed by atoms with Crippen LogP contribution in [0.3, 0.4) is 0 Å². The molecule has 0 aromatic heterocycles. The number of nitrogens with one attached hydrogen (secondary N) is 3. The van der Waals surface area contributed by atoms with Gasteiger partial charge in [0.25, 0.3) is 0 Å². The maximum atomic E-state index is 14.1. The van der Waals surface area contributed by atoms with Crippen molar-refractivity contribution in [3.8, 4) is 0 Å². The Balaban J connectivity index is 1.93. The van der Waals surface area contributed by atoms with Gasteiger partial charge in [-0.2, -0.15) is 0 Å². The lowest BCUT2D eigenvalue weighted by atomic mass is 9.92. The van der Waals surface area contributed by atoms with Crippen molar-refractivity contribution in [1.82, 2.24) is 20.9 Å². The molecule has 2 aromatic rings. The average molecular weight is 627 g/mol. The number of amides is 6. The van der Waals surface area contributed by atoms with Crippen LogP contribution in [0.2, 0.25) is 5.02 Å². The van der Waals surface area contributed by atoms with Gasteiger partial charge in [0.05, 0.1) is 0 Å². The van der Waals surface area contributed by atoms with E-state index in [9.17, 15) is 28.8 Å². The number of fused-ring (bicyclic) bond motifs is 1. The molecule has 6 amide bonds. The molecule has 4 atom stereocenters. The van der Waals surface area contributed by atoms with Crippen molar-refractivity contribution >= 4 is 47.0 Å². The van der Waals surface area contributed by atoms with Crippen LogP contribution in [0.4, 0.5) is 0 Å². The number of hydrogen-bond donors (Lipinski definition) is 5. The van der Waals surface area contributed by atoms with Crippen LogP contribution in [0.15, 0.2) is 48.5 Å². The Bertz CT molecular complexity index is 1400. The van der Waals surface area contributed by atoms with Gasteiger partial charge < -0.3 is 32.3 Å². The van der Waals surface area contributed by atoms with Crippen LogP contribution in [-0.4, -0.2) is 64.5 Å². The van der Waals surface area contributed by atoms with E-state index in [0.717, 1.165) is 11.1 Å². The largest absolute Gasteiger partial charge is 0.370 e. The fourth-order valence-corrected chi connectivity index (χ4v) is 5.23. The highest BCUT2D eigenvalue weighted by Gasteiger charge is 2.38. The molecule has 44 heavy (non-hydrogen) atoms. The molecule has 1 aliphatic rings. The number of nitrogens with zero attached hydrogens (tertiary/aromatic N) is 1. The van der Waals surface area contributed by atoms with Crippen molar-refractivity contribution in [2.45, 2.75) is 77.2 Å². The summed E-state index contributed by atoms with van der Waals surface area (Å²) in [6, 6.07) is 9.76. The van der Waals surface area contributed by atoms with E-state index in [0.29, 0.717) is 10.6 Å². The van der Waals surface area contributed by atoms with E-state index in [2.05, 4.69) is 16.0 Å². The zero-order valence-corrected chi connectivity index (χ0v) is 25.7. The summed E-state index contributed by atoms with van der Waals surface area (Å²) in [4.78, 5) is 78.1. The molecule has 1 heterocycles. The number of carbonyl (C=O) groups is 6. The van der Waals surface area contributed by atoms with Gasteiger partial charge in [-0.1, -0.05) is 61.8 Å². The molecule has 236 valence electrons. The molecular formula is C31H39ClN6O6. The third-order valence-corrected chi connectivity index (χ3v) is 7.70. The second-order valence-electron chi connectivity index (χ2n) is 11.2. The van der Waals surface area contributed by atoms with Crippen molar-refractivity contribution in [2.75, 3.05) is 0 Å². The minimum absolute atomic E-state index is 0.0301. The first kappa shape index (κ1) is 34.0. The summed E-state index contributed by atoms with van der Waals surface area (Å²) in [7, 11) is 0. The number of hydrogen-bond acceptors (Lipinski definition) is 6. The van der Waals surface area contributed by atoms with Gasteiger partial charge in [-0.25, -0.2) is 0 Å². The molecule has 7 N–H and O–H groups in total. The lowest BCUT2D eigenvalue weighted by Gasteiger charge is -2.37. The molecule has 0 saturated heterocycles. The lowest BCUT2D eigenvalue weighted by molar-refractivity contribution is -0.144. The lowest BCUT2D eigenvalue weighted by Crippen LogP contribution is -2.60. The molecule has 0 spiro atoms. The Morgan fingerprint density at radius 1 is 0.886 bits per heavy atom. The molecule has 0 aliphatic carbocycles. The van der Waals surface area contributed by atoms with Crippen molar-refractivity contribution in [1.29, 1.82) is 0 Å². The summed E-state index contributed by atoms with van der Waals surface area (Å²) < 4.78 is 0. The average Bonchev–Trinajstić information content (AvgIpc) is 2.97. The van der Waals surface area contributed by atoms with E-state index in [1.165, 1.54) is 11.8 Å². The molecule has 0 bridgehead atoms. The number of nitrogens with two attached hydrogens (primary N) is 2. The summed E-state index contributed by atoms with van der Waals surface area (Å²) in [5.41, 5.74) is 13.5.